The lowest BCUT2D eigenvalue weighted by molar-refractivity contribution is -0.00570. The Balaban J connectivity index is 1.32. The fraction of sp³-hybridized carbons (Fsp3) is 0.606. The maximum atomic E-state index is 5.99. The van der Waals surface area contributed by atoms with Crippen molar-refractivity contribution in [1.29, 1.82) is 0 Å². The van der Waals surface area contributed by atoms with Gasteiger partial charge in [-0.1, -0.05) is 32.1 Å². The zero-order chi connectivity index (χ0) is 28.9. The minimum atomic E-state index is 0.118. The highest BCUT2D eigenvalue weighted by molar-refractivity contribution is 5.90. The number of ether oxygens (including phenoxy) is 3. The van der Waals surface area contributed by atoms with Gasteiger partial charge in [0.05, 0.1) is 43.6 Å². The van der Waals surface area contributed by atoms with Crippen molar-refractivity contribution in [2.75, 3.05) is 56.3 Å². The van der Waals surface area contributed by atoms with Gasteiger partial charge in [-0.15, -0.1) is 0 Å². The van der Waals surface area contributed by atoms with Crippen LogP contribution in [0.2, 0.25) is 0 Å². The van der Waals surface area contributed by atoms with Gasteiger partial charge in [-0.05, 0) is 57.0 Å². The molecule has 226 valence electrons. The van der Waals surface area contributed by atoms with Gasteiger partial charge in [0.2, 0.25) is 5.95 Å². The van der Waals surface area contributed by atoms with Crippen LogP contribution in [0.4, 0.5) is 11.8 Å². The molecule has 0 amide bonds. The summed E-state index contributed by atoms with van der Waals surface area (Å²) in [5.41, 5.74) is 3.84. The number of benzene rings is 1. The second-order valence-corrected chi connectivity index (χ2v) is 12.1. The SMILES string of the molecule is COc1ccc(-c2ccc3c(N4CCOCC4)nc(N4C[C@@H](C)O[C@@H](C)C4)nc3n2)cc1CNC1CCCCCCC1. The molecule has 0 unspecified atom stereocenters. The summed E-state index contributed by atoms with van der Waals surface area (Å²) in [5.74, 6) is 2.56. The Morgan fingerprint density at radius 2 is 1.62 bits per heavy atom. The standard InChI is InChI=1S/C33H46N6O3/c1-23-21-39(22-24(2)42-23)33-36-31-28(32(37-33)38-15-17-41-18-16-38)12-13-29(35-31)25-11-14-30(40-3)26(19-25)20-34-27-9-7-5-4-6-8-10-27/h11-14,19,23-24,27,34H,4-10,15-18,20-22H2,1-3H3/t23-,24+. The van der Waals surface area contributed by atoms with Gasteiger partial charge in [0, 0.05) is 49.9 Å². The molecule has 1 saturated carbocycles. The highest BCUT2D eigenvalue weighted by Crippen LogP contribution is 2.32. The maximum absolute atomic E-state index is 5.99. The molecule has 1 aliphatic carbocycles. The Labute approximate surface area is 250 Å². The van der Waals surface area contributed by atoms with Crippen molar-refractivity contribution in [2.45, 2.75) is 83.6 Å². The molecule has 1 aromatic carbocycles. The normalized spacial score (nSPS) is 22.6. The molecular weight excluding hydrogens is 528 g/mol. The van der Waals surface area contributed by atoms with E-state index in [2.05, 4.69) is 59.3 Å². The Morgan fingerprint density at radius 1 is 0.881 bits per heavy atom. The molecule has 2 aromatic heterocycles. The molecule has 2 saturated heterocycles. The Bertz CT molecular complexity index is 1330. The quantitative estimate of drug-likeness (QED) is 0.401. The van der Waals surface area contributed by atoms with Gasteiger partial charge in [0.25, 0.3) is 0 Å². The van der Waals surface area contributed by atoms with Crippen LogP contribution >= 0.6 is 0 Å². The topological polar surface area (TPSA) is 84.9 Å². The summed E-state index contributed by atoms with van der Waals surface area (Å²) in [6.45, 7) is 9.52. The lowest BCUT2D eigenvalue weighted by atomic mass is 9.96. The number of pyridine rings is 1. The first-order chi connectivity index (χ1) is 20.6. The first kappa shape index (κ1) is 29.1. The van der Waals surface area contributed by atoms with Crippen molar-refractivity contribution in [3.63, 3.8) is 0 Å². The van der Waals surface area contributed by atoms with Crippen molar-refractivity contribution in [2.24, 2.45) is 0 Å². The van der Waals surface area contributed by atoms with Gasteiger partial charge >= 0.3 is 0 Å². The van der Waals surface area contributed by atoms with E-state index < -0.39 is 0 Å². The summed E-state index contributed by atoms with van der Waals surface area (Å²) in [4.78, 5) is 19.8. The van der Waals surface area contributed by atoms with Crippen LogP contribution in [0.3, 0.4) is 0 Å². The van der Waals surface area contributed by atoms with Gasteiger partial charge in [-0.25, -0.2) is 4.98 Å². The summed E-state index contributed by atoms with van der Waals surface area (Å²) in [5, 5.41) is 4.80. The number of nitrogens with zero attached hydrogens (tertiary/aromatic N) is 5. The van der Waals surface area contributed by atoms with Crippen LogP contribution in [0.15, 0.2) is 30.3 Å². The minimum absolute atomic E-state index is 0.118. The molecular formula is C33H46N6O3. The Kier molecular flexibility index (Phi) is 9.37. The van der Waals surface area contributed by atoms with Crippen LogP contribution in [0.25, 0.3) is 22.3 Å². The van der Waals surface area contributed by atoms with Crippen LogP contribution in [0.5, 0.6) is 5.75 Å². The monoisotopic (exact) mass is 574 g/mol. The first-order valence-electron chi connectivity index (χ1n) is 15.9. The minimum Gasteiger partial charge on any atom is -0.496 e. The molecule has 3 aromatic rings. The number of hydrogen-bond donors (Lipinski definition) is 1. The maximum Gasteiger partial charge on any atom is 0.229 e. The summed E-state index contributed by atoms with van der Waals surface area (Å²) in [6, 6.07) is 11.2. The molecule has 9 nitrogen and oxygen atoms in total. The molecule has 3 aliphatic rings. The smallest absolute Gasteiger partial charge is 0.229 e. The molecule has 1 N–H and O–H groups in total. The van der Waals surface area contributed by atoms with Gasteiger partial charge in [-0.3, -0.25) is 0 Å². The third-order valence-corrected chi connectivity index (χ3v) is 8.80. The number of anilines is 2. The van der Waals surface area contributed by atoms with E-state index in [1.165, 1.54) is 44.9 Å². The zero-order valence-electron chi connectivity index (χ0n) is 25.5. The van der Waals surface area contributed by atoms with Gasteiger partial charge in [0.1, 0.15) is 11.6 Å². The predicted molar refractivity (Wildman–Crippen MR) is 168 cm³/mol. The number of methoxy groups -OCH3 is 1. The van der Waals surface area contributed by atoms with E-state index in [0.29, 0.717) is 19.3 Å². The van der Waals surface area contributed by atoms with Crippen LogP contribution in [-0.2, 0) is 16.0 Å². The number of aromatic nitrogens is 3. The third kappa shape index (κ3) is 6.79. The summed E-state index contributed by atoms with van der Waals surface area (Å²) in [6.07, 6.45) is 9.46. The lowest BCUT2D eigenvalue weighted by Gasteiger charge is -2.36. The van der Waals surface area contributed by atoms with Crippen LogP contribution in [-0.4, -0.2) is 79.7 Å². The highest BCUT2D eigenvalue weighted by atomic mass is 16.5. The number of fused-ring (bicyclic) bond motifs is 1. The molecule has 0 bridgehead atoms. The van der Waals surface area contributed by atoms with E-state index in [4.69, 9.17) is 29.2 Å². The van der Waals surface area contributed by atoms with Crippen LogP contribution in [0.1, 0.15) is 64.4 Å². The summed E-state index contributed by atoms with van der Waals surface area (Å²) < 4.78 is 17.4. The van der Waals surface area contributed by atoms with Gasteiger partial charge < -0.3 is 29.3 Å². The van der Waals surface area contributed by atoms with E-state index in [0.717, 1.165) is 78.1 Å². The fourth-order valence-electron chi connectivity index (χ4n) is 6.63. The second-order valence-electron chi connectivity index (χ2n) is 12.1. The van der Waals surface area contributed by atoms with Crippen molar-refractivity contribution < 1.29 is 14.2 Å². The molecule has 0 spiro atoms. The van der Waals surface area contributed by atoms with Crippen molar-refractivity contribution in [3.8, 4) is 17.0 Å². The van der Waals surface area contributed by atoms with Gasteiger partial charge in [0.15, 0.2) is 5.65 Å². The van der Waals surface area contributed by atoms with E-state index in [1.54, 1.807) is 7.11 Å². The molecule has 4 heterocycles. The van der Waals surface area contributed by atoms with Gasteiger partial charge in [-0.2, -0.15) is 9.97 Å². The first-order valence-corrected chi connectivity index (χ1v) is 15.9. The number of hydrogen-bond acceptors (Lipinski definition) is 9. The van der Waals surface area contributed by atoms with E-state index >= 15 is 0 Å². The van der Waals surface area contributed by atoms with Crippen LogP contribution < -0.4 is 19.9 Å². The number of morpholine rings is 2. The fourth-order valence-corrected chi connectivity index (χ4v) is 6.63. The molecule has 6 rings (SSSR count). The molecule has 2 atom stereocenters. The predicted octanol–water partition coefficient (Wildman–Crippen LogP) is 5.35. The van der Waals surface area contributed by atoms with Crippen molar-refractivity contribution in [3.05, 3.63) is 35.9 Å². The summed E-state index contributed by atoms with van der Waals surface area (Å²) >= 11 is 0. The largest absolute Gasteiger partial charge is 0.496 e. The lowest BCUT2D eigenvalue weighted by Crippen LogP contribution is -2.46. The van der Waals surface area contributed by atoms with Crippen LogP contribution in [0, 0.1) is 0 Å². The third-order valence-electron chi connectivity index (χ3n) is 8.80. The average Bonchev–Trinajstić information content (AvgIpc) is 2.99. The highest BCUT2D eigenvalue weighted by Gasteiger charge is 2.27. The number of rotatable bonds is 7. The number of nitrogens with one attached hydrogen (secondary N) is 1. The Hall–Kier alpha value is -3.01. The zero-order valence-corrected chi connectivity index (χ0v) is 25.5. The van der Waals surface area contributed by atoms with E-state index in [-0.39, 0.29) is 12.2 Å². The van der Waals surface area contributed by atoms with E-state index in [9.17, 15) is 0 Å². The molecule has 3 fully saturated rings. The van der Waals surface area contributed by atoms with Crippen molar-refractivity contribution >= 4 is 22.8 Å². The average molecular weight is 575 g/mol. The summed E-state index contributed by atoms with van der Waals surface area (Å²) in [7, 11) is 1.75. The molecule has 42 heavy (non-hydrogen) atoms. The molecule has 9 heteroatoms. The van der Waals surface area contributed by atoms with E-state index in [1.807, 2.05) is 0 Å². The molecule has 2 aliphatic heterocycles. The molecule has 0 radical (unpaired) electrons. The van der Waals surface area contributed by atoms with Crippen molar-refractivity contribution in [1.82, 2.24) is 20.3 Å². The Morgan fingerprint density at radius 3 is 2.36 bits per heavy atom. The second kappa shape index (κ2) is 13.5.